The summed E-state index contributed by atoms with van der Waals surface area (Å²) >= 11 is 1.23. The van der Waals surface area contributed by atoms with Crippen LogP contribution in [0.3, 0.4) is 0 Å². The van der Waals surface area contributed by atoms with Gasteiger partial charge in [-0.3, -0.25) is 4.79 Å². The van der Waals surface area contributed by atoms with Crippen molar-refractivity contribution in [2.45, 2.75) is 24.8 Å². The highest BCUT2D eigenvalue weighted by Crippen LogP contribution is 2.36. The summed E-state index contributed by atoms with van der Waals surface area (Å²) in [5.74, 6) is -0.560. The van der Waals surface area contributed by atoms with Crippen molar-refractivity contribution in [3.8, 4) is 0 Å². The number of hydrogen-bond donors (Lipinski definition) is 2. The van der Waals surface area contributed by atoms with Crippen molar-refractivity contribution in [2.24, 2.45) is 5.73 Å². The second kappa shape index (κ2) is 5.63. The number of hydrogen-bond acceptors (Lipinski definition) is 5. The molecule has 122 valence electrons. The predicted molar refractivity (Wildman–Crippen MR) is 89.7 cm³/mol. The summed E-state index contributed by atoms with van der Waals surface area (Å²) in [6, 6.07) is 6.77. The molecule has 1 aromatic carbocycles. The molecule has 0 saturated heterocycles. The first-order chi connectivity index (χ1) is 10.8. The molecule has 0 unspecified atom stereocenters. The van der Waals surface area contributed by atoms with E-state index in [0.717, 1.165) is 16.0 Å². The highest BCUT2D eigenvalue weighted by atomic mass is 32.2. The van der Waals surface area contributed by atoms with Gasteiger partial charge in [-0.25, -0.2) is 8.42 Å². The van der Waals surface area contributed by atoms with Gasteiger partial charge >= 0.3 is 0 Å². The molecule has 2 aromatic rings. The number of nitrogen functional groups attached to an aromatic ring is 1. The maximum atomic E-state index is 12.7. The summed E-state index contributed by atoms with van der Waals surface area (Å²) in [4.78, 5) is 12.6. The molecule has 1 aliphatic rings. The Morgan fingerprint density at radius 2 is 1.91 bits per heavy atom. The minimum absolute atomic E-state index is 0.216. The number of carbonyl (C=O) groups excluding carboxylic acids is 1. The topological polar surface area (TPSA) is 106 Å². The summed E-state index contributed by atoms with van der Waals surface area (Å²) in [7, 11) is -3.56. The van der Waals surface area contributed by atoms with Gasteiger partial charge in [0.25, 0.3) is 5.91 Å². The Kier molecular flexibility index (Phi) is 3.91. The zero-order chi connectivity index (χ0) is 16.8. The number of rotatable bonds is 3. The van der Waals surface area contributed by atoms with Crippen molar-refractivity contribution in [2.75, 3.05) is 12.3 Å². The summed E-state index contributed by atoms with van der Waals surface area (Å²) in [6.07, 6.45) is 0.437. The first-order valence-electron chi connectivity index (χ1n) is 7.07. The van der Waals surface area contributed by atoms with Crippen LogP contribution in [0.15, 0.2) is 29.2 Å². The van der Waals surface area contributed by atoms with Crippen LogP contribution in [-0.2, 0) is 23.0 Å². The second-order valence-electron chi connectivity index (χ2n) is 5.51. The Balaban J connectivity index is 1.94. The van der Waals surface area contributed by atoms with Gasteiger partial charge in [-0.05, 0) is 31.0 Å². The monoisotopic (exact) mass is 351 g/mol. The van der Waals surface area contributed by atoms with Crippen molar-refractivity contribution in [3.63, 3.8) is 0 Å². The molecule has 1 aliphatic heterocycles. The number of anilines is 1. The van der Waals surface area contributed by atoms with Crippen LogP contribution in [0.5, 0.6) is 0 Å². The molecule has 1 amide bonds. The van der Waals surface area contributed by atoms with Gasteiger partial charge < -0.3 is 11.5 Å². The van der Waals surface area contributed by atoms with Crippen molar-refractivity contribution in [1.82, 2.24) is 4.31 Å². The summed E-state index contributed by atoms with van der Waals surface area (Å²) in [5.41, 5.74) is 13.4. The standard InChI is InChI=1S/C15H17N3O3S2/c1-9-2-4-10(5-3-9)23(20,21)18-7-6-11-12(8-18)22-15(17)13(11)14(16)19/h2-5H,6-8,17H2,1H3,(H2,16,19). The van der Waals surface area contributed by atoms with Gasteiger partial charge in [0.05, 0.1) is 15.5 Å². The van der Waals surface area contributed by atoms with E-state index in [-0.39, 0.29) is 11.4 Å². The van der Waals surface area contributed by atoms with Gasteiger partial charge in [0.2, 0.25) is 10.0 Å². The average Bonchev–Trinajstić information content (AvgIpc) is 2.82. The Morgan fingerprint density at radius 3 is 2.52 bits per heavy atom. The molecular weight excluding hydrogens is 334 g/mol. The van der Waals surface area contributed by atoms with E-state index in [1.165, 1.54) is 15.6 Å². The van der Waals surface area contributed by atoms with E-state index in [1.807, 2.05) is 6.92 Å². The highest BCUT2D eigenvalue weighted by Gasteiger charge is 2.32. The number of nitrogens with two attached hydrogens (primary N) is 2. The lowest BCUT2D eigenvalue weighted by Crippen LogP contribution is -2.35. The highest BCUT2D eigenvalue weighted by molar-refractivity contribution is 7.89. The Labute approximate surface area is 138 Å². The Bertz CT molecular complexity index is 870. The normalized spacial score (nSPS) is 15.3. The van der Waals surface area contributed by atoms with Crippen LogP contribution < -0.4 is 11.5 Å². The molecule has 6 nitrogen and oxygen atoms in total. The fraction of sp³-hybridized carbons (Fsp3) is 0.267. The van der Waals surface area contributed by atoms with E-state index < -0.39 is 15.9 Å². The molecule has 3 rings (SSSR count). The van der Waals surface area contributed by atoms with Gasteiger partial charge in [0, 0.05) is 18.0 Å². The quantitative estimate of drug-likeness (QED) is 0.873. The third-order valence-corrected chi connectivity index (χ3v) is 6.86. The minimum atomic E-state index is -3.56. The first kappa shape index (κ1) is 16.0. The molecule has 0 radical (unpaired) electrons. The lowest BCUT2D eigenvalue weighted by Gasteiger charge is -2.26. The molecular formula is C15H17N3O3S2. The fourth-order valence-electron chi connectivity index (χ4n) is 2.74. The smallest absolute Gasteiger partial charge is 0.251 e. The van der Waals surface area contributed by atoms with Crippen LogP contribution in [0.25, 0.3) is 0 Å². The van der Waals surface area contributed by atoms with Gasteiger partial charge in [0.1, 0.15) is 0 Å². The minimum Gasteiger partial charge on any atom is -0.390 e. The number of primary amides is 1. The van der Waals surface area contributed by atoms with Crippen LogP contribution in [0, 0.1) is 6.92 Å². The number of nitrogens with zero attached hydrogens (tertiary/aromatic N) is 1. The zero-order valence-corrected chi connectivity index (χ0v) is 14.2. The van der Waals surface area contributed by atoms with Gasteiger partial charge in [-0.2, -0.15) is 4.31 Å². The largest absolute Gasteiger partial charge is 0.390 e. The molecule has 0 bridgehead atoms. The number of fused-ring (bicyclic) bond motifs is 1. The molecule has 8 heteroatoms. The molecule has 1 aromatic heterocycles. The van der Waals surface area contributed by atoms with Gasteiger partial charge in [0.15, 0.2) is 0 Å². The molecule has 0 spiro atoms. The molecule has 0 atom stereocenters. The number of amides is 1. The lowest BCUT2D eigenvalue weighted by atomic mass is 10.0. The van der Waals surface area contributed by atoms with Crippen molar-refractivity contribution in [3.05, 3.63) is 45.8 Å². The predicted octanol–water partition coefficient (Wildman–Crippen LogP) is 1.48. The maximum Gasteiger partial charge on any atom is 0.251 e. The SMILES string of the molecule is Cc1ccc(S(=O)(=O)N2CCc3c(sc(N)c3C(N)=O)C2)cc1. The Morgan fingerprint density at radius 1 is 1.26 bits per heavy atom. The molecule has 0 aliphatic carbocycles. The zero-order valence-electron chi connectivity index (χ0n) is 12.6. The van der Waals surface area contributed by atoms with E-state index >= 15 is 0 Å². The molecule has 0 saturated carbocycles. The molecule has 23 heavy (non-hydrogen) atoms. The van der Waals surface area contributed by atoms with E-state index in [2.05, 4.69) is 0 Å². The van der Waals surface area contributed by atoms with Crippen molar-refractivity contribution in [1.29, 1.82) is 0 Å². The van der Waals surface area contributed by atoms with Crippen molar-refractivity contribution >= 4 is 32.3 Å². The van der Waals surface area contributed by atoms with Crippen molar-refractivity contribution < 1.29 is 13.2 Å². The van der Waals surface area contributed by atoms with E-state index in [1.54, 1.807) is 24.3 Å². The van der Waals surface area contributed by atoms with E-state index in [4.69, 9.17) is 11.5 Å². The van der Waals surface area contributed by atoms with Gasteiger partial charge in [-0.15, -0.1) is 11.3 Å². The van der Waals surface area contributed by atoms with Crippen LogP contribution in [-0.4, -0.2) is 25.2 Å². The van der Waals surface area contributed by atoms with E-state index in [9.17, 15) is 13.2 Å². The fourth-order valence-corrected chi connectivity index (χ4v) is 5.37. The van der Waals surface area contributed by atoms with E-state index in [0.29, 0.717) is 23.5 Å². The summed E-state index contributed by atoms with van der Waals surface area (Å²) < 4.78 is 26.9. The number of sulfonamides is 1. The van der Waals surface area contributed by atoms with Gasteiger partial charge in [-0.1, -0.05) is 17.7 Å². The molecule has 2 heterocycles. The van der Waals surface area contributed by atoms with Crippen LogP contribution in [0.2, 0.25) is 0 Å². The third kappa shape index (κ3) is 2.73. The maximum absolute atomic E-state index is 12.7. The second-order valence-corrected chi connectivity index (χ2v) is 8.58. The van der Waals surface area contributed by atoms with Crippen LogP contribution in [0.4, 0.5) is 5.00 Å². The molecule has 4 N–H and O–H groups in total. The lowest BCUT2D eigenvalue weighted by molar-refractivity contribution is 0.100. The number of carbonyl (C=O) groups is 1. The summed E-state index contributed by atoms with van der Waals surface area (Å²) in [5, 5.41) is 0.358. The Hall–Kier alpha value is -1.90. The number of aryl methyl sites for hydroxylation is 1. The third-order valence-electron chi connectivity index (χ3n) is 3.95. The molecule has 0 fully saturated rings. The van der Waals surface area contributed by atoms with Crippen LogP contribution >= 0.6 is 11.3 Å². The number of thiophene rings is 1. The average molecular weight is 351 g/mol. The summed E-state index contributed by atoms with van der Waals surface area (Å²) in [6.45, 7) is 2.43. The number of benzene rings is 1. The van der Waals surface area contributed by atoms with Crippen LogP contribution in [0.1, 0.15) is 26.4 Å². The first-order valence-corrected chi connectivity index (χ1v) is 9.33.